The van der Waals surface area contributed by atoms with Crippen LogP contribution in [0.15, 0.2) is 30.5 Å². The van der Waals surface area contributed by atoms with Gasteiger partial charge in [-0.05, 0) is 44.7 Å². The molecule has 4 N–H and O–H groups in total. The molecule has 0 unspecified atom stereocenters. The van der Waals surface area contributed by atoms with Crippen LogP contribution in [0.5, 0.6) is 0 Å². The average Bonchev–Trinajstić information content (AvgIpc) is 3.41. The summed E-state index contributed by atoms with van der Waals surface area (Å²) in [5, 5.41) is 14.3. The Morgan fingerprint density at radius 1 is 1.05 bits per heavy atom. The second-order valence-electron chi connectivity index (χ2n) is 9.57. The molecule has 0 radical (unpaired) electrons. The normalized spacial score (nSPS) is 16.1. The number of nitrogens with zero attached hydrogens (tertiary/aromatic N) is 4. The van der Waals surface area contributed by atoms with E-state index in [1.807, 2.05) is 14.0 Å². The van der Waals surface area contributed by atoms with E-state index in [1.165, 1.54) is 37.0 Å². The molecule has 1 saturated heterocycles. The van der Waals surface area contributed by atoms with Crippen molar-refractivity contribution >= 4 is 29.4 Å². The van der Waals surface area contributed by atoms with Gasteiger partial charge in [0.05, 0.1) is 5.69 Å². The molecule has 0 bridgehead atoms. The van der Waals surface area contributed by atoms with E-state index in [-0.39, 0.29) is 11.6 Å². The van der Waals surface area contributed by atoms with Crippen molar-refractivity contribution in [3.8, 4) is 0 Å². The van der Waals surface area contributed by atoms with Crippen molar-refractivity contribution in [2.45, 2.75) is 45.3 Å². The third-order valence-electron chi connectivity index (χ3n) is 6.86. The molecule has 13 heteroatoms. The van der Waals surface area contributed by atoms with Gasteiger partial charge in [0.2, 0.25) is 11.8 Å². The number of carbonyl (C=O) groups is 4. The van der Waals surface area contributed by atoms with Crippen molar-refractivity contribution in [3.05, 3.63) is 47.5 Å². The largest absolute Gasteiger partial charge is 0.341 e. The van der Waals surface area contributed by atoms with Crippen LogP contribution in [0.3, 0.4) is 0 Å². The highest BCUT2D eigenvalue weighted by atomic mass is 19.1. The first-order chi connectivity index (χ1) is 18.5. The van der Waals surface area contributed by atoms with Gasteiger partial charge in [0, 0.05) is 51.9 Å². The van der Waals surface area contributed by atoms with E-state index in [0.29, 0.717) is 30.9 Å². The van der Waals surface area contributed by atoms with E-state index < -0.39 is 41.7 Å². The first-order valence-corrected chi connectivity index (χ1v) is 12.9. The fourth-order valence-corrected chi connectivity index (χ4v) is 4.30. The van der Waals surface area contributed by atoms with Gasteiger partial charge in [-0.15, -0.1) is 0 Å². The maximum absolute atomic E-state index is 15.1. The average molecular weight is 545 g/mol. The summed E-state index contributed by atoms with van der Waals surface area (Å²) >= 11 is 0. The first kappa shape index (κ1) is 29.6. The molecule has 3 rings (SSSR count). The molecule has 12 nitrogen and oxygen atoms in total. The number of benzene rings is 1. The number of amides is 5. The zero-order valence-corrected chi connectivity index (χ0v) is 23.0. The molecule has 1 aromatic carbocycles. The molecule has 1 aliphatic rings. The van der Waals surface area contributed by atoms with Crippen molar-refractivity contribution in [1.29, 1.82) is 0 Å². The number of carbonyl (C=O) groups excluding carboxylic acids is 4. The minimum absolute atomic E-state index is 0.0724. The lowest BCUT2D eigenvalue weighted by molar-refractivity contribution is -0.135. The molecular formula is C26H37FN8O4. The van der Waals surface area contributed by atoms with E-state index in [4.69, 9.17) is 0 Å². The van der Waals surface area contributed by atoms with Crippen LogP contribution in [0.25, 0.3) is 0 Å². The number of hydrogen-bond acceptors (Lipinski definition) is 6. The second-order valence-corrected chi connectivity index (χ2v) is 9.57. The van der Waals surface area contributed by atoms with Crippen LogP contribution in [-0.2, 0) is 16.1 Å². The van der Waals surface area contributed by atoms with Crippen LogP contribution in [0.4, 0.5) is 14.9 Å². The Morgan fingerprint density at radius 2 is 1.74 bits per heavy atom. The van der Waals surface area contributed by atoms with Gasteiger partial charge in [-0.2, -0.15) is 5.10 Å². The second kappa shape index (κ2) is 13.2. The monoisotopic (exact) mass is 544 g/mol. The Bertz CT molecular complexity index is 1190. The maximum atomic E-state index is 15.1. The fraction of sp³-hybridized carbons (Fsp3) is 0.500. The molecule has 1 aromatic heterocycles. The summed E-state index contributed by atoms with van der Waals surface area (Å²) in [4.78, 5) is 54.4. The van der Waals surface area contributed by atoms with Gasteiger partial charge < -0.3 is 31.1 Å². The summed E-state index contributed by atoms with van der Waals surface area (Å²) in [5.41, 5.74) is 0.716. The lowest BCUT2D eigenvalue weighted by Crippen LogP contribution is -2.56. The first-order valence-electron chi connectivity index (χ1n) is 12.9. The third kappa shape index (κ3) is 7.31. The minimum Gasteiger partial charge on any atom is -0.341 e. The van der Waals surface area contributed by atoms with Crippen LogP contribution >= 0.6 is 0 Å². The molecule has 0 aliphatic carbocycles. The highest BCUT2D eigenvalue weighted by Gasteiger charge is 2.33. The number of nitrogens with one attached hydrogen (secondary N) is 4. The zero-order chi connectivity index (χ0) is 28.7. The van der Waals surface area contributed by atoms with Crippen molar-refractivity contribution in [1.82, 2.24) is 35.5 Å². The third-order valence-corrected chi connectivity index (χ3v) is 6.86. The molecule has 1 fully saturated rings. The van der Waals surface area contributed by atoms with Gasteiger partial charge >= 0.3 is 6.03 Å². The van der Waals surface area contributed by atoms with E-state index in [9.17, 15) is 19.2 Å². The van der Waals surface area contributed by atoms with Crippen LogP contribution in [0.1, 0.15) is 42.7 Å². The number of hydrogen-bond donors (Lipinski definition) is 4. The molecule has 0 spiro atoms. The smallest absolute Gasteiger partial charge is 0.315 e. The summed E-state index contributed by atoms with van der Waals surface area (Å²) in [6, 6.07) is 3.40. The number of piperazine rings is 1. The number of likely N-dealkylation sites (N-methyl/N-ethyl adjacent to an activating group) is 1. The van der Waals surface area contributed by atoms with Crippen molar-refractivity contribution < 1.29 is 23.6 Å². The molecule has 3 atom stereocenters. The zero-order valence-electron chi connectivity index (χ0n) is 23.0. The molecule has 2 aromatic rings. The Morgan fingerprint density at radius 3 is 2.36 bits per heavy atom. The number of rotatable bonds is 9. The molecule has 212 valence electrons. The Labute approximate surface area is 227 Å². The van der Waals surface area contributed by atoms with E-state index in [2.05, 4.69) is 31.3 Å². The van der Waals surface area contributed by atoms with Crippen molar-refractivity contribution in [2.75, 3.05) is 45.6 Å². The van der Waals surface area contributed by atoms with Gasteiger partial charge in [0.15, 0.2) is 0 Å². The van der Waals surface area contributed by atoms with Crippen molar-refractivity contribution in [2.24, 2.45) is 0 Å². The number of aryl methyl sites for hydroxylation is 1. The SMILES string of the molecule is CCn1nccc1C(=O)N[C@@H](C)C(=O)Nc1ccc([C@H](C)[C@@H](NC(=O)NC)C(=O)N2CCN(C)CC2)cc1F. The number of urea groups is 1. The Balaban J connectivity index is 1.70. The summed E-state index contributed by atoms with van der Waals surface area (Å²) in [7, 11) is 3.43. The molecular weight excluding hydrogens is 507 g/mol. The Hall–Kier alpha value is -4.00. The molecule has 2 heterocycles. The quantitative estimate of drug-likeness (QED) is 0.371. The van der Waals surface area contributed by atoms with E-state index >= 15 is 4.39 Å². The summed E-state index contributed by atoms with van der Waals surface area (Å²) < 4.78 is 16.6. The van der Waals surface area contributed by atoms with Gasteiger partial charge in [0.1, 0.15) is 23.6 Å². The number of halogens is 1. The molecule has 1 aliphatic heterocycles. The van der Waals surface area contributed by atoms with Crippen molar-refractivity contribution in [3.63, 3.8) is 0 Å². The summed E-state index contributed by atoms with van der Waals surface area (Å²) in [6.45, 7) is 8.06. The van der Waals surface area contributed by atoms with Gasteiger partial charge in [0.25, 0.3) is 5.91 Å². The summed E-state index contributed by atoms with van der Waals surface area (Å²) in [5.74, 6) is -2.58. The standard InChI is InChI=1S/C26H37FN8O4/c1-6-35-21(9-10-29-35)24(37)30-17(3)23(36)31-20-8-7-18(15-19(20)27)16(2)22(32-26(39)28-4)25(38)34-13-11-33(5)12-14-34/h7-10,15-17,22H,6,11-14H2,1-5H3,(H,30,37)(H,31,36)(H2,28,32,39)/t16-,17-,22+/m0/s1. The molecule has 5 amide bonds. The van der Waals surface area contributed by atoms with Crippen LogP contribution in [0, 0.1) is 5.82 Å². The molecule has 39 heavy (non-hydrogen) atoms. The van der Waals surface area contributed by atoms with Gasteiger partial charge in [-0.1, -0.05) is 13.0 Å². The maximum Gasteiger partial charge on any atom is 0.315 e. The fourth-order valence-electron chi connectivity index (χ4n) is 4.30. The van der Waals surface area contributed by atoms with Gasteiger partial charge in [-0.3, -0.25) is 19.1 Å². The lowest BCUT2D eigenvalue weighted by atomic mass is 9.91. The van der Waals surface area contributed by atoms with Crippen LogP contribution < -0.4 is 21.3 Å². The highest BCUT2D eigenvalue weighted by Crippen LogP contribution is 2.25. The topological polar surface area (TPSA) is 141 Å². The predicted octanol–water partition coefficient (Wildman–Crippen LogP) is 0.974. The van der Waals surface area contributed by atoms with Gasteiger partial charge in [-0.25, -0.2) is 9.18 Å². The minimum atomic E-state index is -0.946. The highest BCUT2D eigenvalue weighted by molar-refractivity contribution is 6.00. The molecule has 0 saturated carbocycles. The van der Waals surface area contributed by atoms with E-state index in [0.717, 1.165) is 13.1 Å². The van der Waals surface area contributed by atoms with E-state index in [1.54, 1.807) is 24.0 Å². The van der Waals surface area contributed by atoms with Crippen LogP contribution in [0.2, 0.25) is 0 Å². The number of anilines is 1. The Kier molecular flexibility index (Phi) is 9.99. The predicted molar refractivity (Wildman–Crippen MR) is 144 cm³/mol. The summed E-state index contributed by atoms with van der Waals surface area (Å²) in [6.07, 6.45) is 1.49. The number of aromatic nitrogens is 2. The lowest BCUT2D eigenvalue weighted by Gasteiger charge is -2.36. The van der Waals surface area contributed by atoms with Crippen LogP contribution in [-0.4, -0.2) is 95.7 Å².